The van der Waals surface area contributed by atoms with E-state index in [0.717, 1.165) is 12.0 Å². The summed E-state index contributed by atoms with van der Waals surface area (Å²) in [4.78, 5) is 2.75. The molecule has 2 aliphatic rings. The molecule has 2 saturated heterocycles. The number of hydrogen-bond donors (Lipinski definition) is 0. The Hall–Kier alpha value is -0.910. The van der Waals surface area contributed by atoms with Gasteiger partial charge in [0.2, 0.25) is 0 Å². The van der Waals surface area contributed by atoms with E-state index in [1.807, 2.05) is 6.92 Å². The van der Waals surface area contributed by atoms with Crippen molar-refractivity contribution in [2.45, 2.75) is 56.0 Å². The summed E-state index contributed by atoms with van der Waals surface area (Å²) < 4.78 is 29.5. The number of hydrogen-bond acceptors (Lipinski definition) is 4. The molecule has 1 aromatic rings. The maximum atomic E-state index is 12.1. The van der Waals surface area contributed by atoms with Gasteiger partial charge in [-0.15, -0.1) is 0 Å². The lowest BCUT2D eigenvalue weighted by molar-refractivity contribution is 0.120. The minimum Gasteiger partial charge on any atom is -0.300 e. The fourth-order valence-corrected chi connectivity index (χ4v) is 4.78. The molecule has 5 heteroatoms. The lowest BCUT2D eigenvalue weighted by Crippen LogP contribution is -2.40. The zero-order valence-electron chi connectivity index (χ0n) is 13.4. The van der Waals surface area contributed by atoms with Gasteiger partial charge in [-0.05, 0) is 64.1 Å². The van der Waals surface area contributed by atoms with Gasteiger partial charge in [-0.25, -0.2) is 0 Å². The van der Waals surface area contributed by atoms with E-state index in [1.54, 1.807) is 24.3 Å². The lowest BCUT2D eigenvalue weighted by Gasteiger charge is -2.36. The van der Waals surface area contributed by atoms with Crippen LogP contribution < -0.4 is 0 Å². The van der Waals surface area contributed by atoms with Crippen LogP contribution in [0.5, 0.6) is 0 Å². The van der Waals surface area contributed by atoms with E-state index in [-0.39, 0.29) is 4.90 Å². The molecule has 0 N–H and O–H groups in total. The van der Waals surface area contributed by atoms with Crippen LogP contribution in [0.25, 0.3) is 0 Å². The summed E-state index contributed by atoms with van der Waals surface area (Å²) in [6, 6.07) is 8.20. The van der Waals surface area contributed by atoms with Crippen LogP contribution in [0.3, 0.4) is 0 Å². The zero-order valence-corrected chi connectivity index (χ0v) is 14.2. The van der Waals surface area contributed by atoms with Crippen LogP contribution >= 0.6 is 0 Å². The molecule has 22 heavy (non-hydrogen) atoms. The van der Waals surface area contributed by atoms with Crippen LogP contribution in [0.1, 0.15) is 37.7 Å². The minimum absolute atomic E-state index is 0.251. The average molecular weight is 323 g/mol. The standard InChI is InChI=1S/C17H25NO3S/c1-13-3-7-17(8-4-13)22(19,20)21-10-9-14-11-15-5-6-16(12-14)18(15)2/h3-4,7-8,14-16H,5-6,9-12H2,1-2H3. The van der Waals surface area contributed by atoms with Crippen molar-refractivity contribution < 1.29 is 12.6 Å². The highest BCUT2D eigenvalue weighted by Crippen LogP contribution is 2.38. The van der Waals surface area contributed by atoms with Crippen molar-refractivity contribution in [1.29, 1.82) is 0 Å². The summed E-state index contributed by atoms with van der Waals surface area (Å²) in [6.07, 6.45) is 5.79. The molecule has 0 aliphatic carbocycles. The first-order valence-electron chi connectivity index (χ1n) is 8.14. The van der Waals surface area contributed by atoms with E-state index in [9.17, 15) is 8.42 Å². The van der Waals surface area contributed by atoms with E-state index < -0.39 is 10.1 Å². The van der Waals surface area contributed by atoms with Crippen molar-refractivity contribution in [3.05, 3.63) is 29.8 Å². The molecule has 0 aromatic heterocycles. The van der Waals surface area contributed by atoms with Crippen molar-refractivity contribution in [3.63, 3.8) is 0 Å². The smallest absolute Gasteiger partial charge is 0.296 e. The van der Waals surface area contributed by atoms with Crippen molar-refractivity contribution >= 4 is 10.1 Å². The Morgan fingerprint density at radius 2 is 1.73 bits per heavy atom. The van der Waals surface area contributed by atoms with Crippen molar-refractivity contribution in [1.82, 2.24) is 4.90 Å². The van der Waals surface area contributed by atoms with Crippen molar-refractivity contribution in [2.24, 2.45) is 5.92 Å². The fraction of sp³-hybridized carbons (Fsp3) is 0.647. The lowest BCUT2D eigenvalue weighted by atomic mass is 9.89. The van der Waals surface area contributed by atoms with Gasteiger partial charge in [0, 0.05) is 12.1 Å². The molecule has 0 saturated carbocycles. The maximum absolute atomic E-state index is 12.1. The number of rotatable bonds is 5. The number of piperidine rings is 1. The number of benzene rings is 1. The number of nitrogens with zero attached hydrogens (tertiary/aromatic N) is 1. The molecular weight excluding hydrogens is 298 g/mol. The molecule has 2 atom stereocenters. The summed E-state index contributed by atoms with van der Waals surface area (Å²) in [6.45, 7) is 2.23. The third-order valence-corrected chi connectivity index (χ3v) is 6.60. The molecule has 2 fully saturated rings. The summed E-state index contributed by atoms with van der Waals surface area (Å²) in [5.41, 5.74) is 1.04. The second-order valence-corrected chi connectivity index (χ2v) is 8.38. The fourth-order valence-electron chi connectivity index (χ4n) is 3.86. The van der Waals surface area contributed by atoms with Gasteiger partial charge in [-0.3, -0.25) is 4.18 Å². The summed E-state index contributed by atoms with van der Waals surface area (Å²) in [5.74, 6) is 0.599. The number of fused-ring (bicyclic) bond motifs is 2. The predicted octanol–water partition coefficient (Wildman–Crippen LogP) is 2.96. The molecule has 1 aromatic carbocycles. The SMILES string of the molecule is Cc1ccc(S(=O)(=O)OCCC2CC3CCC(C2)N3C)cc1. The van der Waals surface area contributed by atoms with Gasteiger partial charge < -0.3 is 4.90 Å². The van der Waals surface area contributed by atoms with Crippen LogP contribution in [0.4, 0.5) is 0 Å². The Bertz CT molecular complexity index is 597. The molecule has 0 radical (unpaired) electrons. The Balaban J connectivity index is 1.52. The predicted molar refractivity (Wildman–Crippen MR) is 86.2 cm³/mol. The molecule has 2 heterocycles. The molecule has 0 spiro atoms. The highest BCUT2D eigenvalue weighted by molar-refractivity contribution is 7.86. The van der Waals surface area contributed by atoms with Gasteiger partial charge in [-0.1, -0.05) is 17.7 Å². The van der Waals surface area contributed by atoms with Crippen molar-refractivity contribution in [3.8, 4) is 0 Å². The number of aryl methyl sites for hydroxylation is 1. The first-order chi connectivity index (χ1) is 10.5. The van der Waals surface area contributed by atoms with Crippen molar-refractivity contribution in [2.75, 3.05) is 13.7 Å². The molecule has 2 bridgehead atoms. The second kappa shape index (κ2) is 6.30. The van der Waals surface area contributed by atoms with E-state index >= 15 is 0 Å². The Labute approximate surface area is 133 Å². The summed E-state index contributed by atoms with van der Waals surface area (Å²) in [7, 11) is -1.39. The van der Waals surface area contributed by atoms with E-state index in [4.69, 9.17) is 4.18 Å². The molecule has 0 amide bonds. The summed E-state index contributed by atoms with van der Waals surface area (Å²) >= 11 is 0. The second-order valence-electron chi connectivity index (χ2n) is 6.77. The van der Waals surface area contributed by atoms with Crippen LogP contribution in [0, 0.1) is 12.8 Å². The van der Waals surface area contributed by atoms with Crippen LogP contribution in [0.15, 0.2) is 29.2 Å². The molecule has 122 valence electrons. The third-order valence-electron chi connectivity index (χ3n) is 5.27. The minimum atomic E-state index is -3.61. The molecule has 4 nitrogen and oxygen atoms in total. The first-order valence-corrected chi connectivity index (χ1v) is 9.54. The van der Waals surface area contributed by atoms with Gasteiger partial charge in [0.15, 0.2) is 0 Å². The van der Waals surface area contributed by atoms with Crippen LogP contribution in [0.2, 0.25) is 0 Å². The molecule has 3 rings (SSSR count). The zero-order chi connectivity index (χ0) is 15.7. The Morgan fingerprint density at radius 3 is 2.32 bits per heavy atom. The van der Waals surface area contributed by atoms with Gasteiger partial charge >= 0.3 is 0 Å². The average Bonchev–Trinajstić information content (AvgIpc) is 2.70. The van der Waals surface area contributed by atoms with Gasteiger partial charge in [0.1, 0.15) is 0 Å². The topological polar surface area (TPSA) is 46.6 Å². The molecule has 2 aliphatic heterocycles. The Kier molecular flexibility index (Phi) is 4.57. The monoisotopic (exact) mass is 323 g/mol. The molecule has 2 unspecified atom stereocenters. The normalized spacial score (nSPS) is 28.9. The maximum Gasteiger partial charge on any atom is 0.296 e. The largest absolute Gasteiger partial charge is 0.300 e. The highest BCUT2D eigenvalue weighted by atomic mass is 32.2. The van der Waals surface area contributed by atoms with E-state index in [2.05, 4.69) is 11.9 Å². The van der Waals surface area contributed by atoms with Crippen LogP contribution in [-0.4, -0.2) is 39.1 Å². The van der Waals surface area contributed by atoms with E-state index in [1.165, 1.54) is 25.7 Å². The van der Waals surface area contributed by atoms with Gasteiger partial charge in [0.05, 0.1) is 11.5 Å². The quantitative estimate of drug-likeness (QED) is 0.782. The van der Waals surface area contributed by atoms with E-state index in [0.29, 0.717) is 24.6 Å². The first kappa shape index (κ1) is 16.0. The van der Waals surface area contributed by atoms with Crippen LogP contribution in [-0.2, 0) is 14.3 Å². The summed E-state index contributed by atoms with van der Waals surface area (Å²) in [5, 5.41) is 0. The Morgan fingerprint density at radius 1 is 1.14 bits per heavy atom. The van der Waals surface area contributed by atoms with Gasteiger partial charge in [-0.2, -0.15) is 8.42 Å². The van der Waals surface area contributed by atoms with Gasteiger partial charge in [0.25, 0.3) is 10.1 Å². The molecular formula is C17H25NO3S. The third kappa shape index (κ3) is 3.36. The highest BCUT2D eigenvalue weighted by Gasteiger charge is 2.38.